The lowest BCUT2D eigenvalue weighted by atomic mass is 9.95. The lowest BCUT2D eigenvalue weighted by Crippen LogP contribution is -2.38. The van der Waals surface area contributed by atoms with E-state index in [1.807, 2.05) is 6.07 Å². The van der Waals surface area contributed by atoms with Gasteiger partial charge in [-0.05, 0) is 32.8 Å². The van der Waals surface area contributed by atoms with Crippen LogP contribution >= 0.6 is 0 Å². The second-order valence-electron chi connectivity index (χ2n) is 5.34. The van der Waals surface area contributed by atoms with Gasteiger partial charge in [-0.15, -0.1) is 0 Å². The largest absolute Gasteiger partial charge is 0.360 e. The standard InChI is InChI=1S/C13H18N4O3S/c1-9-13(10(2)20-16-9)21(18,19)17-7-4-11(5-8-17)12-3-6-14-15-12/h3,6,11H,4-5,7-8H2,1-2H3,(H,14,15). The molecule has 0 aromatic carbocycles. The molecule has 2 aromatic rings. The molecule has 7 nitrogen and oxygen atoms in total. The number of hydrogen-bond donors (Lipinski definition) is 1. The van der Waals surface area contributed by atoms with Crippen LogP contribution in [0, 0.1) is 13.8 Å². The Morgan fingerprint density at radius 3 is 2.57 bits per heavy atom. The van der Waals surface area contributed by atoms with Crippen molar-refractivity contribution in [1.29, 1.82) is 0 Å². The number of nitrogens with zero attached hydrogens (tertiary/aromatic N) is 3. The first-order valence-electron chi connectivity index (χ1n) is 6.92. The second kappa shape index (κ2) is 5.27. The predicted molar refractivity (Wildman–Crippen MR) is 75.3 cm³/mol. The van der Waals surface area contributed by atoms with Crippen LogP contribution in [0.1, 0.15) is 35.9 Å². The van der Waals surface area contributed by atoms with Gasteiger partial charge in [-0.2, -0.15) is 9.40 Å². The summed E-state index contributed by atoms with van der Waals surface area (Å²) in [6.45, 7) is 4.27. The number of aryl methyl sites for hydroxylation is 2. The molecule has 0 atom stereocenters. The molecule has 0 amide bonds. The Bertz CT molecular complexity index is 693. The van der Waals surface area contributed by atoms with E-state index in [4.69, 9.17) is 4.52 Å². The molecule has 2 aromatic heterocycles. The van der Waals surface area contributed by atoms with Gasteiger partial charge in [0.25, 0.3) is 0 Å². The molecular formula is C13H18N4O3S. The Hall–Kier alpha value is -1.67. The Kier molecular flexibility index (Phi) is 3.58. The summed E-state index contributed by atoms with van der Waals surface area (Å²) in [5, 5.41) is 10.7. The average Bonchev–Trinajstić information content (AvgIpc) is 3.09. The van der Waals surface area contributed by atoms with Crippen LogP contribution in [-0.4, -0.2) is 41.2 Å². The van der Waals surface area contributed by atoms with Crippen LogP contribution in [0.4, 0.5) is 0 Å². The molecule has 1 N–H and O–H groups in total. The summed E-state index contributed by atoms with van der Waals surface area (Å²) in [6.07, 6.45) is 3.29. The monoisotopic (exact) mass is 310 g/mol. The maximum Gasteiger partial charge on any atom is 0.248 e. The van der Waals surface area contributed by atoms with Gasteiger partial charge in [0, 0.05) is 30.9 Å². The van der Waals surface area contributed by atoms with E-state index < -0.39 is 10.0 Å². The third-order valence-electron chi connectivity index (χ3n) is 3.98. The van der Waals surface area contributed by atoms with Gasteiger partial charge in [0.2, 0.25) is 10.0 Å². The third-order valence-corrected chi connectivity index (χ3v) is 6.13. The molecule has 0 radical (unpaired) electrons. The summed E-state index contributed by atoms with van der Waals surface area (Å²) in [5.74, 6) is 0.687. The zero-order chi connectivity index (χ0) is 15.0. The number of aromatic amines is 1. The van der Waals surface area contributed by atoms with E-state index in [0.717, 1.165) is 18.5 Å². The van der Waals surface area contributed by atoms with Crippen molar-refractivity contribution in [3.63, 3.8) is 0 Å². The van der Waals surface area contributed by atoms with Crippen molar-refractivity contribution in [2.75, 3.05) is 13.1 Å². The highest BCUT2D eigenvalue weighted by Crippen LogP contribution is 2.31. The zero-order valence-electron chi connectivity index (χ0n) is 12.0. The van der Waals surface area contributed by atoms with Gasteiger partial charge in [0.1, 0.15) is 10.6 Å². The maximum absolute atomic E-state index is 12.7. The van der Waals surface area contributed by atoms with Crippen LogP contribution < -0.4 is 0 Å². The van der Waals surface area contributed by atoms with Crippen LogP contribution in [0.15, 0.2) is 21.7 Å². The quantitative estimate of drug-likeness (QED) is 0.929. The minimum Gasteiger partial charge on any atom is -0.360 e. The fourth-order valence-corrected chi connectivity index (χ4v) is 4.63. The van der Waals surface area contributed by atoms with Crippen LogP contribution in [0.3, 0.4) is 0 Å². The second-order valence-corrected chi connectivity index (χ2v) is 7.22. The minimum atomic E-state index is -3.52. The van der Waals surface area contributed by atoms with Crippen LogP contribution in [0.2, 0.25) is 0 Å². The lowest BCUT2D eigenvalue weighted by molar-refractivity contribution is 0.316. The van der Waals surface area contributed by atoms with Crippen LogP contribution in [0.5, 0.6) is 0 Å². The molecule has 3 rings (SSSR count). The molecule has 21 heavy (non-hydrogen) atoms. The van der Waals surface area contributed by atoms with Crippen molar-refractivity contribution in [1.82, 2.24) is 19.7 Å². The lowest BCUT2D eigenvalue weighted by Gasteiger charge is -2.30. The average molecular weight is 310 g/mol. The van der Waals surface area contributed by atoms with Crippen molar-refractivity contribution in [2.24, 2.45) is 0 Å². The molecule has 1 fully saturated rings. The van der Waals surface area contributed by atoms with E-state index in [2.05, 4.69) is 15.4 Å². The van der Waals surface area contributed by atoms with Gasteiger partial charge >= 0.3 is 0 Å². The highest BCUT2D eigenvalue weighted by Gasteiger charge is 2.34. The van der Waals surface area contributed by atoms with E-state index in [1.165, 1.54) is 4.31 Å². The van der Waals surface area contributed by atoms with Crippen LogP contribution in [-0.2, 0) is 10.0 Å². The molecule has 0 bridgehead atoms. The van der Waals surface area contributed by atoms with E-state index in [0.29, 0.717) is 30.5 Å². The van der Waals surface area contributed by atoms with Gasteiger partial charge in [0.15, 0.2) is 5.76 Å². The highest BCUT2D eigenvalue weighted by atomic mass is 32.2. The van der Waals surface area contributed by atoms with Gasteiger partial charge in [-0.1, -0.05) is 5.16 Å². The first-order chi connectivity index (χ1) is 10.00. The van der Waals surface area contributed by atoms with Crippen molar-refractivity contribution < 1.29 is 12.9 Å². The normalized spacial score (nSPS) is 18.2. The number of aromatic nitrogens is 3. The molecule has 0 aliphatic carbocycles. The van der Waals surface area contributed by atoms with E-state index in [1.54, 1.807) is 20.0 Å². The number of hydrogen-bond acceptors (Lipinski definition) is 5. The molecule has 1 aliphatic heterocycles. The Balaban J connectivity index is 1.77. The SMILES string of the molecule is Cc1noc(C)c1S(=O)(=O)N1CCC(c2ccn[nH]2)CC1. The fourth-order valence-electron chi connectivity index (χ4n) is 2.87. The molecule has 0 saturated carbocycles. The smallest absolute Gasteiger partial charge is 0.248 e. The molecular weight excluding hydrogens is 292 g/mol. The summed E-state index contributed by atoms with van der Waals surface area (Å²) in [4.78, 5) is 0.211. The van der Waals surface area contributed by atoms with E-state index in [-0.39, 0.29) is 4.90 Å². The Morgan fingerprint density at radius 1 is 1.33 bits per heavy atom. The number of H-pyrrole nitrogens is 1. The van der Waals surface area contributed by atoms with Crippen LogP contribution in [0.25, 0.3) is 0 Å². The zero-order valence-corrected chi connectivity index (χ0v) is 12.9. The molecule has 114 valence electrons. The van der Waals surface area contributed by atoms with E-state index >= 15 is 0 Å². The van der Waals surface area contributed by atoms with Gasteiger partial charge in [0.05, 0.1) is 0 Å². The molecule has 1 saturated heterocycles. The van der Waals surface area contributed by atoms with E-state index in [9.17, 15) is 8.42 Å². The summed E-state index contributed by atoms with van der Waals surface area (Å²) in [7, 11) is -3.52. The van der Waals surface area contributed by atoms with Crippen molar-refractivity contribution >= 4 is 10.0 Å². The third kappa shape index (κ3) is 2.49. The van der Waals surface area contributed by atoms with Crippen molar-refractivity contribution in [2.45, 2.75) is 37.5 Å². The Morgan fingerprint density at radius 2 is 2.05 bits per heavy atom. The number of piperidine rings is 1. The van der Waals surface area contributed by atoms with Gasteiger partial charge in [-0.25, -0.2) is 8.42 Å². The molecule has 0 unspecified atom stereocenters. The van der Waals surface area contributed by atoms with Gasteiger partial charge in [-0.3, -0.25) is 5.10 Å². The molecule has 0 spiro atoms. The van der Waals surface area contributed by atoms with Crippen molar-refractivity contribution in [3.05, 3.63) is 29.4 Å². The molecule has 1 aliphatic rings. The Labute approximate surface area is 123 Å². The highest BCUT2D eigenvalue weighted by molar-refractivity contribution is 7.89. The summed E-state index contributed by atoms with van der Waals surface area (Å²) in [6, 6.07) is 1.95. The van der Waals surface area contributed by atoms with Crippen molar-refractivity contribution in [3.8, 4) is 0 Å². The summed E-state index contributed by atoms with van der Waals surface area (Å²) < 4.78 is 31.9. The summed E-state index contributed by atoms with van der Waals surface area (Å²) >= 11 is 0. The molecule has 8 heteroatoms. The number of sulfonamides is 1. The first-order valence-corrected chi connectivity index (χ1v) is 8.36. The maximum atomic E-state index is 12.7. The predicted octanol–water partition coefficient (Wildman–Crippen LogP) is 1.58. The van der Waals surface area contributed by atoms with Gasteiger partial charge < -0.3 is 4.52 Å². The number of rotatable bonds is 3. The topological polar surface area (TPSA) is 92.1 Å². The first kappa shape index (κ1) is 14.3. The molecule has 3 heterocycles. The minimum absolute atomic E-state index is 0.211. The summed E-state index contributed by atoms with van der Waals surface area (Å²) in [5.41, 5.74) is 1.49. The fraction of sp³-hybridized carbons (Fsp3) is 0.538. The number of nitrogens with one attached hydrogen (secondary N) is 1.